The molecule has 1 heterocycles. The molecule has 0 aliphatic carbocycles. The summed E-state index contributed by atoms with van der Waals surface area (Å²) in [6.07, 6.45) is 0. The van der Waals surface area contributed by atoms with E-state index in [1.807, 2.05) is 6.92 Å². The molecule has 21 heavy (non-hydrogen) atoms. The molecule has 1 aromatic heterocycles. The van der Waals surface area contributed by atoms with Gasteiger partial charge in [-0.1, -0.05) is 12.1 Å². The van der Waals surface area contributed by atoms with Crippen LogP contribution in [0.1, 0.15) is 28.1 Å². The molecule has 0 spiro atoms. The summed E-state index contributed by atoms with van der Waals surface area (Å²) in [7, 11) is 0. The molecule has 0 aliphatic rings. The fraction of sp³-hybridized carbons (Fsp3) is 0.278. The number of nitrogens with zero attached hydrogens (tertiary/aromatic N) is 1. The molecule has 0 radical (unpaired) electrons. The Kier molecular flexibility index (Phi) is 3.42. The Bertz CT molecular complexity index is 800. The number of hydrogen-bond acceptors (Lipinski definition) is 2. The maximum absolute atomic E-state index is 4.42. The van der Waals surface area contributed by atoms with Gasteiger partial charge in [-0.25, -0.2) is 4.98 Å². The molecule has 0 atom stereocenters. The number of H-pyrrole nitrogens is 1. The van der Waals surface area contributed by atoms with E-state index in [4.69, 9.17) is 0 Å². The first-order chi connectivity index (χ1) is 10.0. The Morgan fingerprint density at radius 2 is 1.71 bits per heavy atom. The van der Waals surface area contributed by atoms with Crippen molar-refractivity contribution in [3.8, 4) is 0 Å². The van der Waals surface area contributed by atoms with Gasteiger partial charge in [0.2, 0.25) is 0 Å². The number of fused-ring (bicyclic) bond motifs is 1. The van der Waals surface area contributed by atoms with Gasteiger partial charge in [0.15, 0.2) is 0 Å². The largest absolute Gasteiger partial charge is 0.381 e. The van der Waals surface area contributed by atoms with Gasteiger partial charge in [0.25, 0.3) is 0 Å². The van der Waals surface area contributed by atoms with Gasteiger partial charge in [0, 0.05) is 12.2 Å². The van der Waals surface area contributed by atoms with Crippen LogP contribution in [0, 0.1) is 27.7 Å². The Morgan fingerprint density at radius 3 is 2.52 bits per heavy atom. The number of anilines is 1. The van der Waals surface area contributed by atoms with E-state index in [2.05, 4.69) is 66.4 Å². The Labute approximate surface area is 125 Å². The van der Waals surface area contributed by atoms with Crippen LogP contribution >= 0.6 is 0 Å². The van der Waals surface area contributed by atoms with Crippen LogP contribution in [0.3, 0.4) is 0 Å². The van der Waals surface area contributed by atoms with Gasteiger partial charge >= 0.3 is 0 Å². The van der Waals surface area contributed by atoms with Gasteiger partial charge < -0.3 is 10.3 Å². The smallest absolute Gasteiger partial charge is 0.104 e. The number of aryl methyl sites for hydroxylation is 4. The van der Waals surface area contributed by atoms with Crippen LogP contribution in [0.2, 0.25) is 0 Å². The highest BCUT2D eigenvalue weighted by Crippen LogP contribution is 2.20. The van der Waals surface area contributed by atoms with Crippen LogP contribution in [0.4, 0.5) is 5.69 Å². The quantitative estimate of drug-likeness (QED) is 0.745. The maximum Gasteiger partial charge on any atom is 0.104 e. The lowest BCUT2D eigenvalue weighted by molar-refractivity contribution is 1.10. The van der Waals surface area contributed by atoms with Gasteiger partial charge in [-0.05, 0) is 68.1 Å². The van der Waals surface area contributed by atoms with Gasteiger partial charge in [-0.3, -0.25) is 0 Å². The number of rotatable bonds is 3. The van der Waals surface area contributed by atoms with Crippen LogP contribution in [-0.2, 0) is 6.54 Å². The van der Waals surface area contributed by atoms with Gasteiger partial charge in [0.1, 0.15) is 5.82 Å². The minimum Gasteiger partial charge on any atom is -0.381 e. The zero-order valence-corrected chi connectivity index (χ0v) is 13.0. The standard InChI is InChI=1S/C18H21N3/c1-11-7-13(3)15(8-12(11)2)10-19-16-5-6-17-18(9-16)21-14(4)20-17/h5-9,19H,10H2,1-4H3,(H,20,21). The summed E-state index contributed by atoms with van der Waals surface area (Å²) in [5.74, 6) is 0.951. The average Bonchev–Trinajstić information content (AvgIpc) is 2.80. The number of hydrogen-bond donors (Lipinski definition) is 2. The molecule has 0 fully saturated rings. The second-order valence-electron chi connectivity index (χ2n) is 5.77. The van der Waals surface area contributed by atoms with Crippen LogP contribution in [0.15, 0.2) is 30.3 Å². The molecule has 108 valence electrons. The number of nitrogens with one attached hydrogen (secondary N) is 2. The summed E-state index contributed by atoms with van der Waals surface area (Å²) in [4.78, 5) is 7.70. The van der Waals surface area contributed by atoms with E-state index in [1.54, 1.807) is 0 Å². The minimum absolute atomic E-state index is 0.839. The summed E-state index contributed by atoms with van der Waals surface area (Å²) in [5, 5.41) is 3.50. The average molecular weight is 279 g/mol. The zero-order valence-electron chi connectivity index (χ0n) is 13.0. The predicted octanol–water partition coefficient (Wildman–Crippen LogP) is 4.41. The third kappa shape index (κ3) is 2.77. The number of aromatic amines is 1. The van der Waals surface area contributed by atoms with Crippen molar-refractivity contribution in [2.75, 3.05) is 5.32 Å². The molecule has 0 saturated heterocycles. The summed E-state index contributed by atoms with van der Waals surface area (Å²) in [5.41, 5.74) is 8.59. The van der Waals surface area contributed by atoms with Crippen molar-refractivity contribution >= 4 is 16.7 Å². The van der Waals surface area contributed by atoms with E-state index in [1.165, 1.54) is 22.3 Å². The lowest BCUT2D eigenvalue weighted by Gasteiger charge is -2.12. The van der Waals surface area contributed by atoms with Crippen molar-refractivity contribution < 1.29 is 0 Å². The molecule has 2 aromatic carbocycles. The van der Waals surface area contributed by atoms with Crippen LogP contribution in [0.5, 0.6) is 0 Å². The van der Waals surface area contributed by atoms with Crippen molar-refractivity contribution in [2.45, 2.75) is 34.2 Å². The summed E-state index contributed by atoms with van der Waals surface area (Å²) < 4.78 is 0. The first-order valence-corrected chi connectivity index (χ1v) is 7.30. The minimum atomic E-state index is 0.839. The SMILES string of the molecule is Cc1nc2ccc(NCc3cc(C)c(C)cc3C)cc2[nH]1. The zero-order chi connectivity index (χ0) is 15.0. The Morgan fingerprint density at radius 1 is 0.952 bits per heavy atom. The first-order valence-electron chi connectivity index (χ1n) is 7.30. The molecule has 0 unspecified atom stereocenters. The van der Waals surface area contributed by atoms with Crippen LogP contribution in [-0.4, -0.2) is 9.97 Å². The van der Waals surface area contributed by atoms with Gasteiger partial charge in [-0.15, -0.1) is 0 Å². The van der Waals surface area contributed by atoms with Crippen molar-refractivity contribution in [3.63, 3.8) is 0 Å². The lowest BCUT2D eigenvalue weighted by Crippen LogP contribution is -2.02. The van der Waals surface area contributed by atoms with Crippen molar-refractivity contribution in [1.29, 1.82) is 0 Å². The molecule has 0 aliphatic heterocycles. The fourth-order valence-electron chi connectivity index (χ4n) is 2.66. The van der Waals surface area contributed by atoms with Gasteiger partial charge in [0.05, 0.1) is 11.0 Å². The molecule has 3 nitrogen and oxygen atoms in total. The van der Waals surface area contributed by atoms with Crippen LogP contribution in [0.25, 0.3) is 11.0 Å². The molecular formula is C18H21N3. The fourth-order valence-corrected chi connectivity index (χ4v) is 2.66. The number of imidazole rings is 1. The highest BCUT2D eigenvalue weighted by atomic mass is 14.9. The van der Waals surface area contributed by atoms with E-state index in [0.717, 1.165) is 29.1 Å². The predicted molar refractivity (Wildman–Crippen MR) is 88.8 cm³/mol. The molecule has 0 saturated carbocycles. The molecule has 0 bridgehead atoms. The van der Waals surface area contributed by atoms with E-state index in [-0.39, 0.29) is 0 Å². The third-order valence-electron chi connectivity index (χ3n) is 4.04. The molecule has 3 aromatic rings. The highest BCUT2D eigenvalue weighted by Gasteiger charge is 2.04. The van der Waals surface area contributed by atoms with Crippen molar-refractivity contribution in [1.82, 2.24) is 9.97 Å². The van der Waals surface area contributed by atoms with E-state index >= 15 is 0 Å². The molecular weight excluding hydrogens is 258 g/mol. The van der Waals surface area contributed by atoms with Crippen LogP contribution < -0.4 is 5.32 Å². The molecule has 3 heteroatoms. The third-order valence-corrected chi connectivity index (χ3v) is 4.04. The first kappa shape index (κ1) is 13.7. The molecule has 2 N–H and O–H groups in total. The second kappa shape index (κ2) is 5.24. The maximum atomic E-state index is 4.42. The van der Waals surface area contributed by atoms with Gasteiger partial charge in [-0.2, -0.15) is 0 Å². The number of benzene rings is 2. The Balaban J connectivity index is 1.81. The Hall–Kier alpha value is -2.29. The van der Waals surface area contributed by atoms with E-state index < -0.39 is 0 Å². The normalized spacial score (nSPS) is 11.0. The van der Waals surface area contributed by atoms with E-state index in [0.29, 0.717) is 0 Å². The summed E-state index contributed by atoms with van der Waals surface area (Å²) in [6.45, 7) is 9.31. The second-order valence-corrected chi connectivity index (χ2v) is 5.77. The highest BCUT2D eigenvalue weighted by molar-refractivity contribution is 5.79. The monoisotopic (exact) mass is 279 g/mol. The van der Waals surface area contributed by atoms with E-state index in [9.17, 15) is 0 Å². The van der Waals surface area contributed by atoms with Crippen molar-refractivity contribution in [3.05, 3.63) is 58.4 Å². The summed E-state index contributed by atoms with van der Waals surface area (Å²) in [6, 6.07) is 10.8. The molecule has 0 amide bonds. The topological polar surface area (TPSA) is 40.7 Å². The van der Waals surface area contributed by atoms with Crippen molar-refractivity contribution in [2.24, 2.45) is 0 Å². The molecule has 3 rings (SSSR count). The number of aromatic nitrogens is 2. The summed E-state index contributed by atoms with van der Waals surface area (Å²) >= 11 is 0. The lowest BCUT2D eigenvalue weighted by atomic mass is 10.0.